The largest absolute Gasteiger partial charge is 0.362 e. The summed E-state index contributed by atoms with van der Waals surface area (Å²) >= 11 is 0. The van der Waals surface area contributed by atoms with E-state index in [9.17, 15) is 4.79 Å². The molecule has 0 aromatic carbocycles. The molecular weight excluding hydrogens is 96.0 g/mol. The van der Waals surface area contributed by atoms with Crippen molar-refractivity contribution in [1.82, 2.24) is 14.9 Å². The summed E-state index contributed by atoms with van der Waals surface area (Å²) in [6.45, 7) is 0. The molecule has 3 N–H and O–H groups in total. The number of hydrogen-bond acceptors (Lipinski definition) is 3. The summed E-state index contributed by atoms with van der Waals surface area (Å²) in [4.78, 5) is 13.1. The highest BCUT2D eigenvalue weighted by molar-refractivity contribution is 4.56. The van der Waals surface area contributed by atoms with Gasteiger partial charge in [-0.15, -0.1) is 9.89 Å². The minimum Gasteiger partial charge on any atom is -0.318 e. The molecule has 1 aromatic heterocycles. The third-order valence-electron chi connectivity index (χ3n) is 0.578. The predicted molar refractivity (Wildman–Crippen MR) is 23.0 cm³/mol. The molecule has 7 heavy (non-hydrogen) atoms. The lowest BCUT2D eigenvalue weighted by molar-refractivity contribution is 0.795. The van der Waals surface area contributed by atoms with E-state index in [0.717, 1.165) is 4.79 Å². The molecular formula is C2H4N4O. The highest BCUT2D eigenvalue weighted by Crippen LogP contribution is 1.49. The Morgan fingerprint density at radius 1 is 2.00 bits per heavy atom. The van der Waals surface area contributed by atoms with Crippen molar-refractivity contribution >= 4 is 0 Å². The molecule has 0 aliphatic carbocycles. The van der Waals surface area contributed by atoms with E-state index in [1.807, 2.05) is 0 Å². The molecule has 1 heterocycles. The Morgan fingerprint density at radius 3 is 2.86 bits per heavy atom. The van der Waals surface area contributed by atoms with Crippen molar-refractivity contribution in [2.75, 3.05) is 5.84 Å². The predicted octanol–water partition coefficient (Wildman–Crippen LogP) is -1.71. The van der Waals surface area contributed by atoms with E-state index in [1.165, 1.54) is 6.33 Å². The molecule has 0 saturated carbocycles. The van der Waals surface area contributed by atoms with E-state index in [1.54, 1.807) is 0 Å². The van der Waals surface area contributed by atoms with Gasteiger partial charge < -0.3 is 5.84 Å². The second-order valence-corrected chi connectivity index (χ2v) is 1.04. The van der Waals surface area contributed by atoms with E-state index in [0.29, 0.717) is 0 Å². The molecule has 0 atom stereocenters. The molecule has 0 unspecified atom stereocenters. The van der Waals surface area contributed by atoms with Crippen LogP contribution in [0, 0.1) is 0 Å². The first-order valence-electron chi connectivity index (χ1n) is 1.68. The number of nitrogens with one attached hydrogen (secondary N) is 1. The van der Waals surface area contributed by atoms with Crippen LogP contribution in [0.3, 0.4) is 0 Å². The van der Waals surface area contributed by atoms with Crippen LogP contribution in [-0.2, 0) is 0 Å². The fourth-order valence-electron chi connectivity index (χ4n) is 0.265. The minimum atomic E-state index is -0.403. The van der Waals surface area contributed by atoms with Gasteiger partial charge in [-0.05, 0) is 0 Å². The summed E-state index contributed by atoms with van der Waals surface area (Å²) in [5.41, 5.74) is -0.403. The van der Waals surface area contributed by atoms with E-state index < -0.39 is 5.69 Å². The van der Waals surface area contributed by atoms with E-state index >= 15 is 0 Å². The van der Waals surface area contributed by atoms with Gasteiger partial charge in [0.25, 0.3) is 0 Å². The van der Waals surface area contributed by atoms with E-state index in [4.69, 9.17) is 5.84 Å². The summed E-state index contributed by atoms with van der Waals surface area (Å²) in [5, 5.41) is 3.34. The lowest BCUT2D eigenvalue weighted by Crippen LogP contribution is -2.25. The molecule has 38 valence electrons. The van der Waals surface area contributed by atoms with Crippen molar-refractivity contribution in [3.63, 3.8) is 0 Å². The highest BCUT2D eigenvalue weighted by Gasteiger charge is 1.83. The Bertz CT molecular complexity index is 197. The third kappa shape index (κ3) is 0.466. The molecule has 0 aliphatic heterocycles. The van der Waals surface area contributed by atoms with Gasteiger partial charge in [-0.1, -0.05) is 0 Å². The molecule has 5 nitrogen and oxygen atoms in total. The average molecular weight is 100 g/mol. The SMILES string of the molecule is Nn1nc[nH]c1=O. The fraction of sp³-hybridized carbons (Fsp3) is 0. The van der Waals surface area contributed by atoms with E-state index in [2.05, 4.69) is 10.1 Å². The molecule has 0 amide bonds. The quantitative estimate of drug-likeness (QED) is 0.381. The smallest absolute Gasteiger partial charge is 0.318 e. The molecule has 0 aliphatic rings. The van der Waals surface area contributed by atoms with Crippen molar-refractivity contribution in [2.24, 2.45) is 0 Å². The lowest BCUT2D eigenvalue weighted by atomic mass is 11.3. The number of nitrogens with two attached hydrogens (primary N) is 1. The molecule has 0 fully saturated rings. The topological polar surface area (TPSA) is 76.7 Å². The fourth-order valence-corrected chi connectivity index (χ4v) is 0.265. The normalized spacial score (nSPS) is 9.14. The van der Waals surface area contributed by atoms with Gasteiger partial charge in [0.05, 0.1) is 0 Å². The monoisotopic (exact) mass is 100 g/mol. The summed E-state index contributed by atoms with van der Waals surface area (Å²) in [5.74, 6) is 4.90. The Morgan fingerprint density at radius 2 is 2.71 bits per heavy atom. The highest BCUT2D eigenvalue weighted by atomic mass is 16.2. The number of nitrogens with zero attached hydrogens (tertiary/aromatic N) is 2. The first-order chi connectivity index (χ1) is 3.30. The number of hydrogen-bond donors (Lipinski definition) is 2. The van der Waals surface area contributed by atoms with Crippen molar-refractivity contribution in [3.8, 4) is 0 Å². The zero-order valence-corrected chi connectivity index (χ0v) is 3.46. The maximum absolute atomic E-state index is 10.1. The molecule has 0 spiro atoms. The summed E-state index contributed by atoms with van der Waals surface area (Å²) in [6.07, 6.45) is 1.22. The molecule has 0 saturated heterocycles. The number of aromatic amines is 1. The van der Waals surface area contributed by atoms with Gasteiger partial charge in [0.2, 0.25) is 0 Å². The van der Waals surface area contributed by atoms with Crippen LogP contribution in [0.1, 0.15) is 0 Å². The zero-order valence-electron chi connectivity index (χ0n) is 3.46. The lowest BCUT2D eigenvalue weighted by Gasteiger charge is -1.75. The number of aromatic nitrogens is 3. The second-order valence-electron chi connectivity index (χ2n) is 1.04. The molecule has 1 aromatic rings. The Labute approximate surface area is 38.7 Å². The van der Waals surface area contributed by atoms with Gasteiger partial charge in [0, 0.05) is 0 Å². The standard InChI is InChI=1S/C2H4N4O/c3-6-2(7)4-1-5-6/h1H,3H2,(H,4,5,7). The average Bonchev–Trinajstić information content (AvgIpc) is 1.91. The van der Waals surface area contributed by atoms with Crippen LogP contribution in [0.4, 0.5) is 0 Å². The Kier molecular flexibility index (Phi) is 0.619. The molecule has 5 heteroatoms. The first kappa shape index (κ1) is 3.91. The second kappa shape index (κ2) is 1.11. The van der Waals surface area contributed by atoms with Gasteiger partial charge >= 0.3 is 5.69 Å². The third-order valence-corrected chi connectivity index (χ3v) is 0.578. The van der Waals surface area contributed by atoms with Crippen molar-refractivity contribution in [3.05, 3.63) is 16.8 Å². The van der Waals surface area contributed by atoms with Crippen LogP contribution in [0.5, 0.6) is 0 Å². The van der Waals surface area contributed by atoms with Gasteiger partial charge in [0.15, 0.2) is 0 Å². The minimum absolute atomic E-state index is 0.403. The maximum Gasteiger partial charge on any atom is 0.362 e. The molecule has 1 rings (SSSR count). The van der Waals surface area contributed by atoms with E-state index in [-0.39, 0.29) is 0 Å². The van der Waals surface area contributed by atoms with Crippen LogP contribution in [0.25, 0.3) is 0 Å². The number of rotatable bonds is 0. The first-order valence-corrected chi connectivity index (χ1v) is 1.68. The Balaban J connectivity index is 3.39. The van der Waals surface area contributed by atoms with Gasteiger partial charge in [-0.3, -0.25) is 4.98 Å². The van der Waals surface area contributed by atoms with Crippen LogP contribution < -0.4 is 11.5 Å². The van der Waals surface area contributed by atoms with Crippen LogP contribution in [0.2, 0.25) is 0 Å². The van der Waals surface area contributed by atoms with Crippen LogP contribution in [0.15, 0.2) is 11.1 Å². The van der Waals surface area contributed by atoms with Gasteiger partial charge in [-0.25, -0.2) is 4.79 Å². The Hall–Kier alpha value is -1.26. The van der Waals surface area contributed by atoms with Crippen molar-refractivity contribution in [2.45, 2.75) is 0 Å². The zero-order chi connectivity index (χ0) is 5.28. The molecule has 0 bridgehead atoms. The van der Waals surface area contributed by atoms with Crippen LogP contribution in [-0.4, -0.2) is 14.9 Å². The number of nitrogen functional groups attached to an aromatic ring is 1. The van der Waals surface area contributed by atoms with Crippen LogP contribution >= 0.6 is 0 Å². The summed E-state index contributed by atoms with van der Waals surface area (Å²) < 4.78 is 0. The number of H-pyrrole nitrogens is 1. The summed E-state index contributed by atoms with van der Waals surface area (Å²) in [7, 11) is 0. The maximum atomic E-state index is 10.1. The van der Waals surface area contributed by atoms with Gasteiger partial charge in [-0.2, -0.15) is 0 Å². The summed E-state index contributed by atoms with van der Waals surface area (Å²) in [6, 6.07) is 0. The molecule has 0 radical (unpaired) electrons. The van der Waals surface area contributed by atoms with Gasteiger partial charge in [0.1, 0.15) is 6.33 Å². The van der Waals surface area contributed by atoms with Crippen molar-refractivity contribution < 1.29 is 0 Å². The van der Waals surface area contributed by atoms with Crippen molar-refractivity contribution in [1.29, 1.82) is 0 Å².